The summed E-state index contributed by atoms with van der Waals surface area (Å²) in [5, 5.41) is 15.1. The van der Waals surface area contributed by atoms with Crippen LogP contribution in [-0.4, -0.2) is 28.8 Å². The quantitative estimate of drug-likeness (QED) is 0.781. The van der Waals surface area contributed by atoms with Gasteiger partial charge in [-0.25, -0.2) is 4.79 Å². The molecule has 1 aliphatic rings. The molecule has 0 aliphatic heterocycles. The molecule has 2 rings (SSSR count). The number of amides is 2. The summed E-state index contributed by atoms with van der Waals surface area (Å²) in [6.07, 6.45) is 8.30. The van der Waals surface area contributed by atoms with E-state index >= 15 is 0 Å². The first-order valence-electron chi connectivity index (χ1n) is 7.80. The summed E-state index contributed by atoms with van der Waals surface area (Å²) in [4.78, 5) is 16.2. The molecular formula is C16H25N3O2. The van der Waals surface area contributed by atoms with Crippen LogP contribution in [0.2, 0.25) is 0 Å². The summed E-state index contributed by atoms with van der Waals surface area (Å²) in [6.45, 7) is 2.00. The summed E-state index contributed by atoms with van der Waals surface area (Å²) in [5.74, 6) is 0.482. The number of hydrogen-bond donors (Lipinski definition) is 3. The number of pyridine rings is 1. The number of nitrogens with zero attached hydrogens (tertiary/aromatic N) is 1. The van der Waals surface area contributed by atoms with Crippen molar-refractivity contribution in [1.29, 1.82) is 0 Å². The Morgan fingerprint density at radius 1 is 1.43 bits per heavy atom. The third-order valence-electron chi connectivity index (χ3n) is 4.13. The summed E-state index contributed by atoms with van der Waals surface area (Å²) >= 11 is 0. The highest BCUT2D eigenvalue weighted by molar-refractivity contribution is 5.89. The third kappa shape index (κ3) is 5.01. The summed E-state index contributed by atoms with van der Waals surface area (Å²) in [7, 11) is 0. The minimum atomic E-state index is -0.204. The second kappa shape index (κ2) is 7.98. The fraction of sp³-hybridized carbons (Fsp3) is 0.625. The van der Waals surface area contributed by atoms with Gasteiger partial charge >= 0.3 is 6.03 Å². The van der Waals surface area contributed by atoms with Gasteiger partial charge in [0, 0.05) is 30.2 Å². The summed E-state index contributed by atoms with van der Waals surface area (Å²) in [6, 6.07) is 3.46. The predicted molar refractivity (Wildman–Crippen MR) is 83.2 cm³/mol. The smallest absolute Gasteiger partial charge is 0.319 e. The summed E-state index contributed by atoms with van der Waals surface area (Å²) < 4.78 is 0. The van der Waals surface area contributed by atoms with E-state index in [4.69, 9.17) is 0 Å². The van der Waals surface area contributed by atoms with Crippen molar-refractivity contribution >= 4 is 11.7 Å². The molecule has 1 heterocycles. The Morgan fingerprint density at radius 3 is 2.86 bits per heavy atom. The number of hydrogen-bond acceptors (Lipinski definition) is 3. The fourth-order valence-corrected chi connectivity index (χ4v) is 3.06. The van der Waals surface area contributed by atoms with Crippen LogP contribution in [0.4, 0.5) is 10.5 Å². The van der Waals surface area contributed by atoms with Crippen LogP contribution in [0.5, 0.6) is 0 Å². The molecule has 5 heteroatoms. The van der Waals surface area contributed by atoms with E-state index < -0.39 is 0 Å². The van der Waals surface area contributed by atoms with Crippen LogP contribution in [-0.2, 0) is 0 Å². The van der Waals surface area contributed by atoms with Crippen molar-refractivity contribution in [3.63, 3.8) is 0 Å². The van der Waals surface area contributed by atoms with Crippen LogP contribution in [0.3, 0.4) is 0 Å². The van der Waals surface area contributed by atoms with E-state index in [1.807, 2.05) is 13.0 Å². The van der Waals surface area contributed by atoms with Crippen LogP contribution in [0.1, 0.15) is 44.2 Å². The van der Waals surface area contributed by atoms with Crippen molar-refractivity contribution in [3.8, 4) is 0 Å². The topological polar surface area (TPSA) is 74.2 Å². The van der Waals surface area contributed by atoms with Gasteiger partial charge in [0.05, 0.1) is 0 Å². The number of carbonyl (C=O) groups is 1. The lowest BCUT2D eigenvalue weighted by Crippen LogP contribution is -2.43. The molecule has 1 atom stereocenters. The van der Waals surface area contributed by atoms with Crippen molar-refractivity contribution < 1.29 is 9.90 Å². The zero-order chi connectivity index (χ0) is 15.1. The molecule has 1 aromatic heterocycles. The number of aryl methyl sites for hydroxylation is 1. The fourth-order valence-electron chi connectivity index (χ4n) is 3.06. The average molecular weight is 291 g/mol. The zero-order valence-corrected chi connectivity index (χ0v) is 12.6. The highest BCUT2D eigenvalue weighted by atomic mass is 16.3. The number of aliphatic hydroxyl groups excluding tert-OH is 1. The van der Waals surface area contributed by atoms with Gasteiger partial charge in [-0.15, -0.1) is 0 Å². The molecule has 21 heavy (non-hydrogen) atoms. The van der Waals surface area contributed by atoms with Gasteiger partial charge in [-0.3, -0.25) is 4.98 Å². The molecule has 1 saturated carbocycles. The minimum absolute atomic E-state index is 0.0539. The van der Waals surface area contributed by atoms with Gasteiger partial charge in [-0.05, 0) is 44.2 Å². The van der Waals surface area contributed by atoms with E-state index in [2.05, 4.69) is 15.6 Å². The maximum Gasteiger partial charge on any atom is 0.319 e. The molecule has 0 bridgehead atoms. The number of urea groups is 1. The molecule has 0 spiro atoms. The van der Waals surface area contributed by atoms with Gasteiger partial charge in [0.1, 0.15) is 0 Å². The monoisotopic (exact) mass is 291 g/mol. The Morgan fingerprint density at radius 2 is 2.19 bits per heavy atom. The maximum atomic E-state index is 12.1. The molecule has 1 aromatic rings. The minimum Gasteiger partial charge on any atom is -0.396 e. The molecule has 1 unspecified atom stereocenters. The molecule has 0 radical (unpaired) electrons. The van der Waals surface area contributed by atoms with Crippen LogP contribution >= 0.6 is 0 Å². The van der Waals surface area contributed by atoms with E-state index in [1.165, 1.54) is 19.3 Å². The normalized spacial score (nSPS) is 17.2. The highest BCUT2D eigenvalue weighted by Gasteiger charge is 2.24. The third-order valence-corrected chi connectivity index (χ3v) is 4.13. The average Bonchev–Trinajstić information content (AvgIpc) is 2.47. The van der Waals surface area contributed by atoms with Crippen LogP contribution in [0.25, 0.3) is 0 Å². The maximum absolute atomic E-state index is 12.1. The standard InChI is InChI=1S/C16H25N3O2/c1-12-11-14(7-9-17-12)18-16(21)19-15(8-10-20)13-5-3-2-4-6-13/h7,9,11,13,15,20H,2-6,8,10H2,1H3,(H2,17,18,19,21). The Hall–Kier alpha value is -1.62. The van der Waals surface area contributed by atoms with Crippen molar-refractivity contribution in [2.45, 2.75) is 51.5 Å². The first kappa shape index (κ1) is 15.8. The van der Waals surface area contributed by atoms with Crippen LogP contribution in [0, 0.1) is 12.8 Å². The highest BCUT2D eigenvalue weighted by Crippen LogP contribution is 2.27. The Kier molecular flexibility index (Phi) is 5.99. The lowest BCUT2D eigenvalue weighted by atomic mass is 9.83. The van der Waals surface area contributed by atoms with Gasteiger partial charge < -0.3 is 15.7 Å². The number of nitrogens with one attached hydrogen (secondary N) is 2. The lowest BCUT2D eigenvalue weighted by molar-refractivity contribution is 0.202. The van der Waals surface area contributed by atoms with E-state index in [9.17, 15) is 9.90 Å². The number of aromatic nitrogens is 1. The molecule has 0 saturated heterocycles. The van der Waals surface area contributed by atoms with Crippen molar-refractivity contribution in [2.75, 3.05) is 11.9 Å². The number of carbonyl (C=O) groups excluding carboxylic acids is 1. The molecule has 1 fully saturated rings. The molecular weight excluding hydrogens is 266 g/mol. The SMILES string of the molecule is Cc1cc(NC(=O)NC(CCO)C2CCCCC2)ccn1. The lowest BCUT2D eigenvalue weighted by Gasteiger charge is -2.30. The number of aliphatic hydroxyl groups is 1. The van der Waals surface area contributed by atoms with E-state index in [0.717, 1.165) is 24.2 Å². The van der Waals surface area contributed by atoms with Gasteiger partial charge in [0.2, 0.25) is 0 Å². The Labute approximate surface area is 126 Å². The van der Waals surface area contributed by atoms with Crippen molar-refractivity contribution in [3.05, 3.63) is 24.0 Å². The van der Waals surface area contributed by atoms with E-state index in [1.54, 1.807) is 12.3 Å². The molecule has 5 nitrogen and oxygen atoms in total. The van der Waals surface area contributed by atoms with E-state index in [0.29, 0.717) is 12.3 Å². The Bertz CT molecular complexity index is 459. The van der Waals surface area contributed by atoms with Gasteiger partial charge in [-0.1, -0.05) is 19.3 Å². The predicted octanol–water partition coefficient (Wildman–Crippen LogP) is 2.84. The van der Waals surface area contributed by atoms with E-state index in [-0.39, 0.29) is 18.7 Å². The zero-order valence-electron chi connectivity index (χ0n) is 12.6. The van der Waals surface area contributed by atoms with Crippen molar-refractivity contribution in [2.24, 2.45) is 5.92 Å². The van der Waals surface area contributed by atoms with Gasteiger partial charge in [0.25, 0.3) is 0 Å². The molecule has 2 amide bonds. The molecule has 1 aliphatic carbocycles. The molecule has 3 N–H and O–H groups in total. The first-order chi connectivity index (χ1) is 10.2. The molecule has 0 aromatic carbocycles. The van der Waals surface area contributed by atoms with Crippen molar-refractivity contribution in [1.82, 2.24) is 10.3 Å². The second-order valence-electron chi connectivity index (χ2n) is 5.80. The molecule has 116 valence electrons. The van der Waals surface area contributed by atoms with Crippen LogP contribution < -0.4 is 10.6 Å². The van der Waals surface area contributed by atoms with Crippen LogP contribution in [0.15, 0.2) is 18.3 Å². The first-order valence-corrected chi connectivity index (χ1v) is 7.80. The van der Waals surface area contributed by atoms with Gasteiger partial charge in [-0.2, -0.15) is 0 Å². The Balaban J connectivity index is 1.91. The summed E-state index contributed by atoms with van der Waals surface area (Å²) in [5.41, 5.74) is 1.61. The number of rotatable bonds is 5. The largest absolute Gasteiger partial charge is 0.396 e. The second-order valence-corrected chi connectivity index (χ2v) is 5.80. The van der Waals surface area contributed by atoms with Gasteiger partial charge in [0.15, 0.2) is 0 Å². The number of anilines is 1.